The van der Waals surface area contributed by atoms with Crippen molar-refractivity contribution in [3.8, 4) is 5.69 Å². The van der Waals surface area contributed by atoms with Gasteiger partial charge < -0.3 is 10.0 Å². The molecule has 1 N–H and O–H groups in total. The first-order valence-electron chi connectivity index (χ1n) is 9.31. The van der Waals surface area contributed by atoms with Crippen molar-refractivity contribution in [2.75, 3.05) is 26.7 Å². The Morgan fingerprint density at radius 3 is 2.74 bits per heavy atom. The van der Waals surface area contributed by atoms with Crippen molar-refractivity contribution in [2.45, 2.75) is 31.7 Å². The second kappa shape index (κ2) is 8.81. The lowest BCUT2D eigenvalue weighted by Crippen LogP contribution is -2.37. The van der Waals surface area contributed by atoms with E-state index in [0.717, 1.165) is 37.1 Å². The first kappa shape index (κ1) is 19.1. The molecule has 2 aromatic rings. The number of hydrogen-bond donors (Lipinski definition) is 1. The van der Waals surface area contributed by atoms with Gasteiger partial charge in [0.1, 0.15) is 0 Å². The van der Waals surface area contributed by atoms with E-state index in [2.05, 4.69) is 5.10 Å². The molecule has 2 heterocycles. The van der Waals surface area contributed by atoms with Crippen LogP contribution in [-0.2, 0) is 16.0 Å². The number of carbonyl (C=O) groups is 2. The lowest BCUT2D eigenvalue weighted by Gasteiger charge is -2.25. The number of carbonyl (C=O) groups excluding carboxylic acids is 1. The molecule has 1 aliphatic heterocycles. The second-order valence-corrected chi connectivity index (χ2v) is 7.08. The molecule has 1 atom stereocenters. The zero-order valence-corrected chi connectivity index (χ0v) is 15.6. The number of rotatable bonds is 6. The van der Waals surface area contributed by atoms with E-state index in [1.807, 2.05) is 53.4 Å². The Hall–Kier alpha value is -2.67. The van der Waals surface area contributed by atoms with Crippen LogP contribution in [0.25, 0.3) is 5.69 Å². The van der Waals surface area contributed by atoms with Gasteiger partial charge in [-0.2, -0.15) is 5.10 Å². The fraction of sp³-hybridized carbons (Fsp3) is 0.450. The van der Waals surface area contributed by atoms with Crippen molar-refractivity contribution in [3.63, 3.8) is 0 Å². The number of carboxylic acids is 1. The minimum atomic E-state index is -0.815. The Balaban J connectivity index is 1.56. The van der Waals surface area contributed by atoms with Crippen molar-refractivity contribution >= 4 is 11.9 Å². The van der Waals surface area contributed by atoms with E-state index in [1.54, 1.807) is 10.9 Å². The van der Waals surface area contributed by atoms with Crippen molar-refractivity contribution in [1.82, 2.24) is 19.6 Å². The molecule has 144 valence electrons. The van der Waals surface area contributed by atoms with Crippen molar-refractivity contribution < 1.29 is 14.7 Å². The van der Waals surface area contributed by atoms with Gasteiger partial charge >= 0.3 is 5.97 Å². The minimum absolute atomic E-state index is 0.0390. The number of hydrogen-bond acceptors (Lipinski definition) is 4. The van der Waals surface area contributed by atoms with Gasteiger partial charge in [-0.1, -0.05) is 18.2 Å². The highest BCUT2D eigenvalue weighted by Gasteiger charge is 2.24. The van der Waals surface area contributed by atoms with Gasteiger partial charge in [-0.25, -0.2) is 4.68 Å². The summed E-state index contributed by atoms with van der Waals surface area (Å²) in [4.78, 5) is 27.4. The van der Waals surface area contributed by atoms with Crippen LogP contribution in [0.5, 0.6) is 0 Å². The number of amides is 1. The maximum atomic E-state index is 12.7. The standard InChI is InChI=1S/C20H26N4O3/c1-22(15-20(26)27)17-8-5-10-23(11-9-17)19(25)12-16-13-21-24(14-16)18-6-3-2-4-7-18/h2-4,6-7,13-14,17H,5,8-12,15H2,1H3,(H,26,27). The molecule has 1 aromatic heterocycles. The molecule has 3 rings (SSSR count). The molecule has 1 amide bonds. The van der Waals surface area contributed by atoms with E-state index in [0.29, 0.717) is 13.0 Å². The first-order chi connectivity index (χ1) is 13.0. The molecule has 0 radical (unpaired) electrons. The van der Waals surface area contributed by atoms with E-state index < -0.39 is 5.97 Å². The van der Waals surface area contributed by atoms with Crippen LogP contribution in [0.2, 0.25) is 0 Å². The van der Waals surface area contributed by atoms with Crippen LogP contribution in [-0.4, -0.2) is 69.3 Å². The Kier molecular flexibility index (Phi) is 6.24. The van der Waals surface area contributed by atoms with E-state index >= 15 is 0 Å². The van der Waals surface area contributed by atoms with Gasteiger partial charge in [-0.05, 0) is 44.0 Å². The highest BCUT2D eigenvalue weighted by Crippen LogP contribution is 2.17. The molecule has 1 aliphatic rings. The van der Waals surface area contributed by atoms with Gasteiger partial charge in [0.2, 0.25) is 5.91 Å². The summed E-state index contributed by atoms with van der Waals surface area (Å²) >= 11 is 0. The van der Waals surface area contributed by atoms with Crippen molar-refractivity contribution in [3.05, 3.63) is 48.3 Å². The maximum absolute atomic E-state index is 12.7. The van der Waals surface area contributed by atoms with E-state index in [-0.39, 0.29) is 18.5 Å². The fourth-order valence-corrected chi connectivity index (χ4v) is 3.57. The van der Waals surface area contributed by atoms with Crippen molar-refractivity contribution in [1.29, 1.82) is 0 Å². The van der Waals surface area contributed by atoms with E-state index in [4.69, 9.17) is 5.11 Å². The highest BCUT2D eigenvalue weighted by atomic mass is 16.4. The number of aliphatic carboxylic acids is 1. The van der Waals surface area contributed by atoms with Crippen LogP contribution in [0, 0.1) is 0 Å². The molecule has 0 spiro atoms. The summed E-state index contributed by atoms with van der Waals surface area (Å²) in [5, 5.41) is 13.3. The summed E-state index contributed by atoms with van der Waals surface area (Å²) in [6, 6.07) is 10.0. The molecule has 0 saturated carbocycles. The van der Waals surface area contributed by atoms with Gasteiger partial charge in [-0.15, -0.1) is 0 Å². The largest absolute Gasteiger partial charge is 0.480 e. The summed E-state index contributed by atoms with van der Waals surface area (Å²) in [7, 11) is 1.84. The summed E-state index contributed by atoms with van der Waals surface area (Å²) < 4.78 is 1.78. The first-order valence-corrected chi connectivity index (χ1v) is 9.31. The molecule has 0 aliphatic carbocycles. The topological polar surface area (TPSA) is 78.7 Å². The molecule has 0 bridgehead atoms. The lowest BCUT2D eigenvalue weighted by atomic mass is 10.1. The fourth-order valence-electron chi connectivity index (χ4n) is 3.57. The molecule has 1 unspecified atom stereocenters. The van der Waals surface area contributed by atoms with Crippen LogP contribution < -0.4 is 0 Å². The SMILES string of the molecule is CN(CC(=O)O)C1CCCN(C(=O)Cc2cnn(-c3ccccc3)c2)CC1. The van der Waals surface area contributed by atoms with Gasteiger partial charge in [0.05, 0.1) is 24.8 Å². The van der Waals surface area contributed by atoms with Gasteiger partial charge in [0.25, 0.3) is 0 Å². The predicted molar refractivity (Wildman–Crippen MR) is 102 cm³/mol. The summed E-state index contributed by atoms with van der Waals surface area (Å²) in [6.45, 7) is 1.43. The number of likely N-dealkylation sites (N-methyl/N-ethyl adjacent to an activating group) is 1. The Morgan fingerprint density at radius 1 is 1.22 bits per heavy atom. The number of nitrogens with zero attached hydrogens (tertiary/aromatic N) is 4. The molecule has 1 saturated heterocycles. The third kappa shape index (κ3) is 5.17. The zero-order chi connectivity index (χ0) is 19.2. The Morgan fingerprint density at radius 2 is 2.00 bits per heavy atom. The zero-order valence-electron chi connectivity index (χ0n) is 15.6. The average molecular weight is 370 g/mol. The molecule has 7 heteroatoms. The van der Waals surface area contributed by atoms with Gasteiger partial charge in [0.15, 0.2) is 0 Å². The van der Waals surface area contributed by atoms with Crippen LogP contribution in [0.15, 0.2) is 42.7 Å². The number of para-hydroxylation sites is 1. The molecular formula is C20H26N4O3. The summed E-state index contributed by atoms with van der Waals surface area (Å²) in [5.41, 5.74) is 1.86. The third-order valence-electron chi connectivity index (χ3n) is 5.07. The molecule has 7 nitrogen and oxygen atoms in total. The monoisotopic (exact) mass is 370 g/mol. The van der Waals surface area contributed by atoms with Crippen LogP contribution in [0.1, 0.15) is 24.8 Å². The van der Waals surface area contributed by atoms with Crippen molar-refractivity contribution in [2.24, 2.45) is 0 Å². The Labute approximate surface area is 159 Å². The van der Waals surface area contributed by atoms with Crippen LogP contribution >= 0.6 is 0 Å². The van der Waals surface area contributed by atoms with Crippen LogP contribution in [0.4, 0.5) is 0 Å². The number of aromatic nitrogens is 2. The van der Waals surface area contributed by atoms with E-state index in [9.17, 15) is 9.59 Å². The number of benzene rings is 1. The third-order valence-corrected chi connectivity index (χ3v) is 5.07. The summed E-state index contributed by atoms with van der Waals surface area (Å²) in [6.07, 6.45) is 6.59. The minimum Gasteiger partial charge on any atom is -0.480 e. The molecule has 1 aromatic carbocycles. The van der Waals surface area contributed by atoms with E-state index in [1.165, 1.54) is 0 Å². The smallest absolute Gasteiger partial charge is 0.317 e. The second-order valence-electron chi connectivity index (χ2n) is 7.08. The molecule has 1 fully saturated rings. The van der Waals surface area contributed by atoms with Crippen LogP contribution in [0.3, 0.4) is 0 Å². The Bertz CT molecular complexity index is 775. The number of carboxylic acid groups (broad SMARTS) is 1. The quantitative estimate of drug-likeness (QED) is 0.839. The average Bonchev–Trinajstić information content (AvgIpc) is 2.96. The number of likely N-dealkylation sites (tertiary alicyclic amines) is 1. The predicted octanol–water partition coefficient (Wildman–Crippen LogP) is 1.81. The molecular weight excluding hydrogens is 344 g/mol. The maximum Gasteiger partial charge on any atom is 0.317 e. The van der Waals surface area contributed by atoms with Gasteiger partial charge in [-0.3, -0.25) is 14.5 Å². The highest BCUT2D eigenvalue weighted by molar-refractivity contribution is 5.78. The normalized spacial score (nSPS) is 17.7. The summed E-state index contributed by atoms with van der Waals surface area (Å²) in [5.74, 6) is -0.714. The van der Waals surface area contributed by atoms with Gasteiger partial charge in [0, 0.05) is 25.3 Å². The molecule has 27 heavy (non-hydrogen) atoms. The lowest BCUT2D eigenvalue weighted by molar-refractivity contribution is -0.138.